The molecule has 2 aliphatic heterocycles. The average molecular weight is 482 g/mol. The van der Waals surface area contributed by atoms with Gasteiger partial charge in [-0.15, -0.1) is 0 Å². The van der Waals surface area contributed by atoms with Gasteiger partial charge in [0.25, 0.3) is 0 Å². The van der Waals surface area contributed by atoms with Gasteiger partial charge in [-0.3, -0.25) is 19.7 Å². The zero-order chi connectivity index (χ0) is 25.0. The van der Waals surface area contributed by atoms with E-state index in [1.165, 1.54) is 6.07 Å². The van der Waals surface area contributed by atoms with Gasteiger partial charge in [-0.05, 0) is 29.8 Å². The number of carbonyl (C=O) groups excluding carboxylic acids is 2. The molecule has 3 aromatic carbocycles. The molecular formula is C28H23N3O5. The summed E-state index contributed by atoms with van der Waals surface area (Å²) < 4.78 is 0. The quantitative estimate of drug-likeness (QED) is 0.324. The molecule has 2 aliphatic rings. The van der Waals surface area contributed by atoms with Crippen LogP contribution in [0.15, 0.2) is 85.1 Å². The monoisotopic (exact) mass is 481 g/mol. The number of hydrogen-bond donors (Lipinski definition) is 4. The summed E-state index contributed by atoms with van der Waals surface area (Å²) in [4.78, 5) is 45.0. The van der Waals surface area contributed by atoms with Gasteiger partial charge in [0.05, 0.1) is 17.5 Å². The van der Waals surface area contributed by atoms with Gasteiger partial charge < -0.3 is 15.2 Å². The summed E-state index contributed by atoms with van der Waals surface area (Å²) in [6.07, 6.45) is 1.72. The largest absolute Gasteiger partial charge is 0.508 e. The van der Waals surface area contributed by atoms with Crippen molar-refractivity contribution >= 4 is 34.4 Å². The van der Waals surface area contributed by atoms with Crippen molar-refractivity contribution in [3.8, 4) is 5.75 Å². The number of phenols is 1. The molecule has 0 aliphatic carbocycles. The lowest BCUT2D eigenvalue weighted by molar-refractivity contribution is -0.148. The number of amides is 2. The summed E-state index contributed by atoms with van der Waals surface area (Å²) in [7, 11) is 0. The van der Waals surface area contributed by atoms with E-state index in [0.717, 1.165) is 21.4 Å². The van der Waals surface area contributed by atoms with Crippen LogP contribution >= 0.6 is 0 Å². The maximum Gasteiger partial charge on any atom is 0.325 e. The van der Waals surface area contributed by atoms with E-state index in [1.54, 1.807) is 54.7 Å². The number of carboxylic acids is 1. The van der Waals surface area contributed by atoms with Crippen LogP contribution in [0.25, 0.3) is 10.9 Å². The normalized spacial score (nSPS) is 25.4. The van der Waals surface area contributed by atoms with Crippen LogP contribution in [0.4, 0.5) is 5.69 Å². The standard InChI is InChI=1S/C28H23N3O5/c32-21-13-7-5-11-19(21)24-22-23(26(34)31(25(22)33)17-8-2-1-3-9-17)28(30-24,27(35)36)14-16-15-29-20-12-6-4-10-18(16)20/h1-13,15,22-24,29-30,32H,14H2,(H,35,36)/t22-,23+,24-,28-/m1/s1. The number of aromatic hydroxyl groups is 1. The number of benzene rings is 3. The van der Waals surface area contributed by atoms with E-state index in [-0.39, 0.29) is 12.2 Å². The molecule has 4 N–H and O–H groups in total. The number of nitrogens with zero attached hydrogens (tertiary/aromatic N) is 1. The van der Waals surface area contributed by atoms with Crippen molar-refractivity contribution in [3.63, 3.8) is 0 Å². The molecule has 6 rings (SSSR count). The number of aliphatic carboxylic acids is 1. The number of nitrogens with one attached hydrogen (secondary N) is 2. The predicted octanol–water partition coefficient (Wildman–Crippen LogP) is 3.39. The highest BCUT2D eigenvalue weighted by atomic mass is 16.4. The van der Waals surface area contributed by atoms with Crippen LogP contribution in [0.1, 0.15) is 17.2 Å². The van der Waals surface area contributed by atoms with Gasteiger partial charge in [-0.1, -0.05) is 54.6 Å². The third-order valence-electron chi connectivity index (χ3n) is 7.47. The van der Waals surface area contributed by atoms with E-state index >= 15 is 0 Å². The highest BCUT2D eigenvalue weighted by molar-refractivity contribution is 6.24. The molecule has 0 radical (unpaired) electrons. The van der Waals surface area contributed by atoms with Crippen LogP contribution in [0, 0.1) is 11.8 Å². The number of anilines is 1. The number of aromatic nitrogens is 1. The summed E-state index contributed by atoms with van der Waals surface area (Å²) in [6.45, 7) is 0. The summed E-state index contributed by atoms with van der Waals surface area (Å²) in [5.74, 6) is -4.53. The van der Waals surface area contributed by atoms with Gasteiger partial charge in [0.15, 0.2) is 0 Å². The Morgan fingerprint density at radius 1 is 0.917 bits per heavy atom. The predicted molar refractivity (Wildman–Crippen MR) is 132 cm³/mol. The topological polar surface area (TPSA) is 123 Å². The zero-order valence-electron chi connectivity index (χ0n) is 19.1. The lowest BCUT2D eigenvalue weighted by Gasteiger charge is -2.31. The number of carbonyl (C=O) groups is 3. The van der Waals surface area contributed by atoms with Gasteiger partial charge in [0, 0.05) is 35.1 Å². The van der Waals surface area contributed by atoms with Crippen LogP contribution in [0.5, 0.6) is 5.75 Å². The molecule has 180 valence electrons. The Labute approximate surface area is 206 Å². The fourth-order valence-corrected chi connectivity index (χ4v) is 5.87. The molecule has 3 heterocycles. The summed E-state index contributed by atoms with van der Waals surface area (Å²) in [5, 5.41) is 25.3. The maximum absolute atomic E-state index is 13.9. The third-order valence-corrected chi connectivity index (χ3v) is 7.47. The van der Waals surface area contributed by atoms with Crippen molar-refractivity contribution in [2.75, 3.05) is 4.90 Å². The number of hydrogen-bond acceptors (Lipinski definition) is 5. The van der Waals surface area contributed by atoms with Crippen molar-refractivity contribution in [1.29, 1.82) is 0 Å². The minimum absolute atomic E-state index is 0.0285. The molecule has 4 aromatic rings. The number of aromatic amines is 1. The Hall–Kier alpha value is -4.43. The van der Waals surface area contributed by atoms with Gasteiger partial charge >= 0.3 is 5.97 Å². The molecular weight excluding hydrogens is 458 g/mol. The number of rotatable bonds is 5. The molecule has 8 heteroatoms. The van der Waals surface area contributed by atoms with Crippen molar-refractivity contribution in [2.24, 2.45) is 11.8 Å². The Morgan fingerprint density at radius 3 is 2.36 bits per heavy atom. The van der Waals surface area contributed by atoms with E-state index in [0.29, 0.717) is 11.3 Å². The minimum Gasteiger partial charge on any atom is -0.508 e. The molecule has 1 aromatic heterocycles. The molecule has 4 atom stereocenters. The Bertz CT molecular complexity index is 1510. The first-order valence-corrected chi connectivity index (χ1v) is 11.7. The van der Waals surface area contributed by atoms with Gasteiger partial charge in [-0.25, -0.2) is 4.90 Å². The molecule has 0 spiro atoms. The van der Waals surface area contributed by atoms with Crippen molar-refractivity contribution in [1.82, 2.24) is 10.3 Å². The number of phenolic OH excluding ortho intramolecular Hbond substituents is 1. The van der Waals surface area contributed by atoms with Crippen molar-refractivity contribution in [3.05, 3.63) is 96.2 Å². The minimum atomic E-state index is -1.78. The number of H-pyrrole nitrogens is 1. The van der Waals surface area contributed by atoms with Crippen LogP contribution in [-0.2, 0) is 20.8 Å². The number of fused-ring (bicyclic) bond motifs is 2. The summed E-state index contributed by atoms with van der Waals surface area (Å²) in [6, 6.07) is 21.7. The molecule has 2 amide bonds. The SMILES string of the molecule is O=C1[C@H]2[C@@H](c3ccccc3O)N[C@@](Cc3c[nH]c4ccccc34)(C(=O)O)[C@@H]2C(=O)N1c1ccccc1. The van der Waals surface area contributed by atoms with Crippen LogP contribution in [0.3, 0.4) is 0 Å². The van der Waals surface area contributed by atoms with Gasteiger partial charge in [0.1, 0.15) is 11.3 Å². The Morgan fingerprint density at radius 2 is 1.61 bits per heavy atom. The van der Waals surface area contributed by atoms with Crippen LogP contribution in [0.2, 0.25) is 0 Å². The van der Waals surface area contributed by atoms with Crippen molar-refractivity contribution < 1.29 is 24.6 Å². The van der Waals surface area contributed by atoms with E-state index in [9.17, 15) is 24.6 Å². The lowest BCUT2D eigenvalue weighted by atomic mass is 9.76. The van der Waals surface area contributed by atoms with Crippen molar-refractivity contribution in [2.45, 2.75) is 18.0 Å². The number of para-hydroxylation sites is 3. The molecule has 2 saturated heterocycles. The molecule has 8 nitrogen and oxygen atoms in total. The Balaban J connectivity index is 1.53. The number of carboxylic acid groups (broad SMARTS) is 1. The van der Waals surface area contributed by atoms with E-state index in [2.05, 4.69) is 10.3 Å². The first-order chi connectivity index (χ1) is 17.4. The molecule has 2 fully saturated rings. The highest BCUT2D eigenvalue weighted by Crippen LogP contribution is 2.52. The lowest BCUT2D eigenvalue weighted by Crippen LogP contribution is -2.57. The molecule has 0 unspecified atom stereocenters. The zero-order valence-corrected chi connectivity index (χ0v) is 19.1. The van der Waals surface area contributed by atoms with Crippen LogP contribution in [-0.4, -0.2) is 38.5 Å². The second kappa shape index (κ2) is 8.07. The summed E-state index contributed by atoms with van der Waals surface area (Å²) >= 11 is 0. The average Bonchev–Trinajstić information content (AvgIpc) is 3.52. The molecule has 0 bridgehead atoms. The molecule has 36 heavy (non-hydrogen) atoms. The first-order valence-electron chi connectivity index (χ1n) is 11.7. The first kappa shape index (κ1) is 22.1. The smallest absolute Gasteiger partial charge is 0.325 e. The van der Waals surface area contributed by atoms with Gasteiger partial charge in [0.2, 0.25) is 11.8 Å². The Kier molecular flexibility index (Phi) is 4.94. The molecule has 0 saturated carbocycles. The summed E-state index contributed by atoms with van der Waals surface area (Å²) in [5.41, 5.74) is 0.559. The third kappa shape index (κ3) is 3.08. The number of imide groups is 1. The van der Waals surface area contributed by atoms with E-state index in [4.69, 9.17) is 0 Å². The fraction of sp³-hybridized carbons (Fsp3) is 0.179. The van der Waals surface area contributed by atoms with E-state index < -0.39 is 41.2 Å². The van der Waals surface area contributed by atoms with Crippen LogP contribution < -0.4 is 10.2 Å². The van der Waals surface area contributed by atoms with Gasteiger partial charge in [-0.2, -0.15) is 0 Å². The second-order valence-corrected chi connectivity index (χ2v) is 9.34. The second-order valence-electron chi connectivity index (χ2n) is 9.34. The fourth-order valence-electron chi connectivity index (χ4n) is 5.87. The maximum atomic E-state index is 13.9. The highest BCUT2D eigenvalue weighted by Gasteiger charge is 2.69. The van der Waals surface area contributed by atoms with E-state index in [1.807, 2.05) is 24.3 Å².